The summed E-state index contributed by atoms with van der Waals surface area (Å²) in [7, 11) is 3.12. The van der Waals surface area contributed by atoms with Gasteiger partial charge in [-0.3, -0.25) is 27.6 Å². The van der Waals surface area contributed by atoms with Crippen molar-refractivity contribution >= 4 is 109 Å². The minimum absolute atomic E-state index is 0.0241. The number of ether oxygens (including phenoxy) is 6. The van der Waals surface area contributed by atoms with E-state index in [0.717, 1.165) is 35.4 Å². The number of nitrogens with zero attached hydrogens (tertiary/aromatic N) is 11. The average molecular weight is 1880 g/mol. The highest BCUT2D eigenvalue weighted by molar-refractivity contribution is 7.73. The second kappa shape index (κ2) is 44.3. The molecule has 5 aromatic rings. The number of methoxy groups -OCH3 is 1. The van der Waals surface area contributed by atoms with Crippen molar-refractivity contribution in [3.05, 3.63) is 112 Å². The molecule has 0 radical (unpaired) electrons. The number of amides is 1. The summed E-state index contributed by atoms with van der Waals surface area (Å²) in [5, 5.41) is 105. The second-order valence-corrected chi connectivity index (χ2v) is 64.2. The van der Waals surface area contributed by atoms with Crippen LogP contribution < -0.4 is 55.9 Å². The number of nitrogens with one attached hydrogen (secondary N) is 1. The molecule has 5 aromatic heterocycles. The number of aliphatic hydroxyl groups excluding tert-OH is 10. The maximum atomic E-state index is 12.5. The van der Waals surface area contributed by atoms with Gasteiger partial charge in [0.05, 0.1) is 43.7 Å². The summed E-state index contributed by atoms with van der Waals surface area (Å²) < 4.78 is 46.7. The van der Waals surface area contributed by atoms with E-state index in [-0.39, 0.29) is 52.5 Å². The molecule has 0 aromatic carbocycles. The number of anilines is 5. The van der Waals surface area contributed by atoms with Crippen molar-refractivity contribution in [2.45, 2.75) is 234 Å². The zero-order valence-corrected chi connectivity index (χ0v) is 81.9. The number of rotatable bonds is 28. The van der Waals surface area contributed by atoms with Crippen LogP contribution in [0.4, 0.5) is 29.1 Å². The molecule has 0 unspecified atom stereocenters. The first-order chi connectivity index (χ1) is 57.4. The number of nitrogen functional groups attached to an aromatic ring is 3. The van der Waals surface area contributed by atoms with E-state index >= 15 is 0 Å². The van der Waals surface area contributed by atoms with Crippen LogP contribution in [0.25, 0.3) is 0 Å². The molecule has 708 valence electrons. The van der Waals surface area contributed by atoms with Crippen LogP contribution in [0.3, 0.4) is 0 Å². The van der Waals surface area contributed by atoms with Gasteiger partial charge in [0, 0.05) is 81.4 Å². The van der Waals surface area contributed by atoms with Crippen molar-refractivity contribution in [2.24, 2.45) is 0 Å². The van der Waals surface area contributed by atoms with Crippen LogP contribution in [-0.2, 0) is 57.3 Å². The Kier molecular flexibility index (Phi) is 38.3. The molecule has 0 bridgehead atoms. The summed E-state index contributed by atoms with van der Waals surface area (Å²) in [4.78, 5) is 93.3. The van der Waals surface area contributed by atoms with Crippen LogP contribution in [0.1, 0.15) is 120 Å². The van der Waals surface area contributed by atoms with Crippen LogP contribution in [0.2, 0.25) is 18.1 Å². The summed E-state index contributed by atoms with van der Waals surface area (Å²) in [6, 6.07) is 1.74. The van der Waals surface area contributed by atoms with E-state index in [1.165, 1.54) is 57.1 Å². The van der Waals surface area contributed by atoms with Gasteiger partial charge in [-0.15, -0.1) is 65.9 Å². The Labute approximate surface area is 733 Å². The fourth-order valence-electron chi connectivity index (χ4n) is 13.6. The largest absolute Gasteiger partial charge is 0.412 e. The van der Waals surface area contributed by atoms with E-state index in [0.29, 0.717) is 61.0 Å². The lowest BCUT2D eigenvalue weighted by molar-refractivity contribution is -0.114. The van der Waals surface area contributed by atoms with Crippen molar-refractivity contribution in [1.29, 1.82) is 0 Å². The predicted octanol–water partition coefficient (Wildman–Crippen LogP) is 2.12. The lowest BCUT2D eigenvalue weighted by Crippen LogP contribution is -2.41. The molecule has 0 aliphatic carbocycles. The Balaban J connectivity index is 0.000000242. The van der Waals surface area contributed by atoms with Gasteiger partial charge in [0.1, 0.15) is 90.1 Å². The number of aromatic nitrogens is 10. The molecule has 10 heterocycles. The third kappa shape index (κ3) is 30.1. The maximum absolute atomic E-state index is 12.5. The molecule has 5 saturated heterocycles. The minimum atomic E-state index is -2.03. The van der Waals surface area contributed by atoms with Crippen LogP contribution in [0, 0.1) is 6.92 Å². The number of hydrogen-bond donors (Lipinski definition) is 14. The van der Waals surface area contributed by atoms with Gasteiger partial charge in [-0.05, 0) is 167 Å². The van der Waals surface area contributed by atoms with Crippen molar-refractivity contribution in [3.8, 4) is 0 Å². The maximum Gasteiger partial charge on any atom is 0.351 e. The molecular formula is C81H142N15O23P5Si. The van der Waals surface area contributed by atoms with Crippen molar-refractivity contribution in [2.75, 3.05) is 146 Å². The molecular weight excluding hydrogens is 1730 g/mol. The quantitative estimate of drug-likeness (QED) is 0.0252. The van der Waals surface area contributed by atoms with Crippen LogP contribution in [-0.4, -0.2) is 355 Å². The zero-order valence-electron chi connectivity index (χ0n) is 76.4. The molecule has 20 atom stereocenters. The molecule has 38 nitrogen and oxygen atoms in total. The molecule has 0 spiro atoms. The SMILES string of the molecule is C=P(C)(C)CC[C@H]1O[C@@H](n2cc(C)c(N)nc2=O)[C@H](O)[C@@H]1O.C=P(C)(C)CC[C@H]1O[C@@H](n2cc(CC)c(NC(C)=O)nc2=O)[C@H](O)[C@@H]1O.C=P(C)(C)CC[C@H]1O[C@@H](n2cc(CO)c(N)nc2=O)[C@H](O)[C@@H]1O.C=P(C)(C)CC[C@H]1O[C@@H](n2cc(CO[Si](C)(C)C(C)(C)C)c(N)nc2=O)[C@H](O)[C@@H]1O.C=P(C)(C)CC[C@H]1O[C@@H](n2ccc(N(C)C)nc2=O)[C@H](OC)[C@@H]1O. The van der Waals surface area contributed by atoms with Gasteiger partial charge in [0.2, 0.25) is 5.91 Å². The van der Waals surface area contributed by atoms with Crippen LogP contribution >= 0.6 is 34.4 Å². The fourth-order valence-corrected chi connectivity index (χ4v) is 19.3. The first kappa shape index (κ1) is 108. The molecule has 5 aliphatic rings. The van der Waals surface area contributed by atoms with Gasteiger partial charge < -0.3 is 111 Å². The third-order valence-electron chi connectivity index (χ3n) is 22.2. The summed E-state index contributed by atoms with van der Waals surface area (Å²) >= 11 is 0. The highest BCUT2D eigenvalue weighted by Crippen LogP contribution is 2.45. The number of carbonyl (C=O) groups is 1. The number of aryl methyl sites for hydroxylation is 2. The lowest BCUT2D eigenvalue weighted by Gasteiger charge is -2.36. The molecule has 1 amide bonds. The van der Waals surface area contributed by atoms with E-state index in [1.807, 2.05) is 21.0 Å². The minimum Gasteiger partial charge on any atom is -0.412 e. The summed E-state index contributed by atoms with van der Waals surface area (Å²) in [6.07, 6.45) is 17.8. The summed E-state index contributed by atoms with van der Waals surface area (Å²) in [5.41, 5.74) is 16.1. The standard InChI is InChI=1S/C20H38N3O5PSi.C17H28N3O5P.C16H28N3O4P.C14H24N3O5P.C14H24N3O4P/c1-20(2,3)30(7,8)27-12-13-11-23(19(26)22-17(13)21)18-16(25)15(24)14(28-18)9-10-29(4,5)6;1-6-11-9-20(17(24)19-15(11)18-10(2)21)16-14(23)13(22)12(25-16)7-8-26(3,4)5;1-18(2)12-7-9-19(16(21)17-12)15-14(22-3)13(20)11(23-15)8-10-24(4,5)6;1-23(2,3)5-4-9-10(19)11(20)13(22-9)17-6-8(7-18)12(15)16-14(17)21;1-8-7-17(14(20)16-12(8)15)13-11(19)10(18)9(21-13)5-6-22(2,3)4/h11,14-16,18,24-25H,4,9-10,12H2,1-3,5-8H3,(H2,21,22,26);9,12-14,16,22-23H,3,6-8H2,1-2,4-5H3,(H,18,19,21,24);7,9,11,13-15,20H,4,8,10H2,1-3,5-6H3;6,9-11,13,18-20H,1,4-5,7H2,2-3H3,(H2,15,16,21);7,9-11,13,18-19H,2,5-6H2,1,3-4H3,(H2,15,16,20)/t14-,15-,16-,18-;12-,13-,14-,16-;11-,13-,14-,15-;2*9-,10-,11-,13-/m11111/s1. The molecule has 0 saturated carbocycles. The third-order valence-corrected chi connectivity index (χ3v) is 34.1. The van der Waals surface area contributed by atoms with Gasteiger partial charge in [-0.1, -0.05) is 27.7 Å². The first-order valence-electron chi connectivity index (χ1n) is 41.2. The van der Waals surface area contributed by atoms with E-state index in [1.54, 1.807) is 24.1 Å². The predicted molar refractivity (Wildman–Crippen MR) is 508 cm³/mol. The summed E-state index contributed by atoms with van der Waals surface area (Å²) in [6.45, 7) is 30.1. The van der Waals surface area contributed by atoms with Crippen molar-refractivity contribution < 1.29 is 88.7 Å². The lowest BCUT2D eigenvalue weighted by atomic mass is 10.1. The van der Waals surface area contributed by atoms with Crippen molar-refractivity contribution in [1.82, 2.24) is 47.8 Å². The number of aliphatic hydroxyl groups is 10. The van der Waals surface area contributed by atoms with Crippen LogP contribution in [0.15, 0.2) is 61.0 Å². The Morgan fingerprint density at radius 1 is 0.496 bits per heavy atom. The highest BCUT2D eigenvalue weighted by Gasteiger charge is 2.50. The van der Waals surface area contributed by atoms with E-state index in [2.05, 4.69) is 162 Å². The van der Waals surface area contributed by atoms with E-state index in [9.17, 15) is 79.8 Å². The van der Waals surface area contributed by atoms with Gasteiger partial charge in [-0.2, -0.15) is 24.9 Å². The number of carbonyl (C=O) groups excluding carboxylic acids is 1. The first-order valence-corrected chi connectivity index (χ1v) is 59.4. The van der Waals surface area contributed by atoms with Gasteiger partial charge >= 0.3 is 28.4 Å². The average Bonchev–Trinajstić information content (AvgIpc) is 1.69. The Bertz CT molecular complexity index is 5060. The number of nitrogens with two attached hydrogens (primary N) is 3. The summed E-state index contributed by atoms with van der Waals surface area (Å²) in [5.74, 6) is 0.633. The van der Waals surface area contributed by atoms with Crippen LogP contribution in [0.5, 0.6) is 0 Å². The monoisotopic (exact) mass is 1880 g/mol. The fraction of sp³-hybridized carbons (Fsp3) is 0.679. The highest BCUT2D eigenvalue weighted by atomic mass is 31.2. The van der Waals surface area contributed by atoms with Gasteiger partial charge in [-0.25, -0.2) is 24.0 Å². The normalized spacial score (nSPS) is 27.1. The number of hydrogen-bond acceptors (Lipinski definition) is 32. The molecule has 5 aliphatic heterocycles. The Morgan fingerprint density at radius 3 is 1.13 bits per heavy atom. The van der Waals surface area contributed by atoms with E-state index in [4.69, 9.17) is 50.0 Å². The topological polar surface area (TPSA) is 552 Å². The van der Waals surface area contributed by atoms with E-state index < -0.39 is 194 Å². The zero-order chi connectivity index (χ0) is 94.8. The Morgan fingerprint density at radius 2 is 0.808 bits per heavy atom. The molecule has 125 heavy (non-hydrogen) atoms. The molecule has 5 fully saturated rings. The Hall–Kier alpha value is -5.89. The second-order valence-electron chi connectivity index (χ2n) is 37.8. The molecule has 10 rings (SSSR count). The molecule has 17 N–H and O–H groups in total. The smallest absolute Gasteiger partial charge is 0.351 e. The van der Waals surface area contributed by atoms with Gasteiger partial charge in [0.25, 0.3) is 0 Å². The van der Waals surface area contributed by atoms with Gasteiger partial charge in [0.15, 0.2) is 39.5 Å². The van der Waals surface area contributed by atoms with Crippen molar-refractivity contribution in [3.63, 3.8) is 0 Å². The molecule has 44 heteroatoms.